The summed E-state index contributed by atoms with van der Waals surface area (Å²) in [7, 11) is 0. The highest BCUT2D eigenvalue weighted by Crippen LogP contribution is 2.35. The van der Waals surface area contributed by atoms with Crippen molar-refractivity contribution in [3.63, 3.8) is 0 Å². The molecule has 0 aromatic heterocycles. The van der Waals surface area contributed by atoms with E-state index < -0.39 is 0 Å². The third-order valence-electron chi connectivity index (χ3n) is 3.12. The van der Waals surface area contributed by atoms with Crippen molar-refractivity contribution in [2.45, 2.75) is 54.4 Å². The van der Waals surface area contributed by atoms with E-state index in [-0.39, 0.29) is 5.91 Å². The molecule has 0 fully saturated rings. The maximum atomic E-state index is 11.5. The van der Waals surface area contributed by atoms with Crippen LogP contribution in [0.1, 0.15) is 54.4 Å². The second-order valence-electron chi connectivity index (χ2n) is 5.52. The SMILES string of the molecule is CCNC(=O)CC(C)C(CC)C(C)(C)C. The Morgan fingerprint density at radius 3 is 2.13 bits per heavy atom. The molecule has 15 heavy (non-hydrogen) atoms. The second kappa shape index (κ2) is 6.14. The van der Waals surface area contributed by atoms with Crippen molar-refractivity contribution in [2.24, 2.45) is 17.3 Å². The molecule has 0 saturated heterocycles. The molecule has 0 spiro atoms. The van der Waals surface area contributed by atoms with E-state index in [2.05, 4.69) is 39.9 Å². The van der Waals surface area contributed by atoms with Crippen molar-refractivity contribution in [2.75, 3.05) is 6.54 Å². The first-order chi connectivity index (χ1) is 6.82. The van der Waals surface area contributed by atoms with E-state index >= 15 is 0 Å². The van der Waals surface area contributed by atoms with Gasteiger partial charge in [0.05, 0.1) is 0 Å². The zero-order valence-corrected chi connectivity index (χ0v) is 11.2. The molecule has 0 bridgehead atoms. The van der Waals surface area contributed by atoms with Crippen LogP contribution in [0.4, 0.5) is 0 Å². The molecule has 0 aromatic carbocycles. The number of carbonyl (C=O) groups is 1. The van der Waals surface area contributed by atoms with E-state index in [1.807, 2.05) is 6.92 Å². The van der Waals surface area contributed by atoms with Gasteiger partial charge in [-0.15, -0.1) is 0 Å². The number of amides is 1. The summed E-state index contributed by atoms with van der Waals surface area (Å²) < 4.78 is 0. The molecule has 0 aromatic rings. The number of nitrogens with one attached hydrogen (secondary N) is 1. The Morgan fingerprint density at radius 1 is 1.27 bits per heavy atom. The highest BCUT2D eigenvalue weighted by Gasteiger charge is 2.28. The maximum absolute atomic E-state index is 11.5. The monoisotopic (exact) mass is 213 g/mol. The number of hydrogen-bond donors (Lipinski definition) is 1. The number of rotatable bonds is 5. The smallest absolute Gasteiger partial charge is 0.220 e. The van der Waals surface area contributed by atoms with Crippen molar-refractivity contribution in [1.29, 1.82) is 0 Å². The van der Waals surface area contributed by atoms with Gasteiger partial charge in [-0.3, -0.25) is 4.79 Å². The summed E-state index contributed by atoms with van der Waals surface area (Å²) in [5, 5.41) is 2.87. The summed E-state index contributed by atoms with van der Waals surface area (Å²) in [6.45, 7) is 13.9. The van der Waals surface area contributed by atoms with Crippen molar-refractivity contribution in [3.05, 3.63) is 0 Å². The predicted octanol–water partition coefficient (Wildman–Crippen LogP) is 3.22. The average Bonchev–Trinajstić information content (AvgIpc) is 2.02. The van der Waals surface area contributed by atoms with Crippen LogP contribution in [0.2, 0.25) is 0 Å². The summed E-state index contributed by atoms with van der Waals surface area (Å²) >= 11 is 0. The van der Waals surface area contributed by atoms with Crippen LogP contribution < -0.4 is 5.32 Å². The molecule has 1 N–H and O–H groups in total. The highest BCUT2D eigenvalue weighted by atomic mass is 16.1. The molecule has 2 unspecified atom stereocenters. The Morgan fingerprint density at radius 2 is 1.80 bits per heavy atom. The van der Waals surface area contributed by atoms with Crippen molar-refractivity contribution < 1.29 is 4.79 Å². The first-order valence-corrected chi connectivity index (χ1v) is 6.09. The third-order valence-corrected chi connectivity index (χ3v) is 3.12. The quantitative estimate of drug-likeness (QED) is 0.746. The lowest BCUT2D eigenvalue weighted by atomic mass is 9.71. The van der Waals surface area contributed by atoms with Crippen LogP contribution in [-0.2, 0) is 4.79 Å². The van der Waals surface area contributed by atoms with Gasteiger partial charge in [-0.2, -0.15) is 0 Å². The predicted molar refractivity (Wildman–Crippen MR) is 65.7 cm³/mol. The van der Waals surface area contributed by atoms with E-state index in [4.69, 9.17) is 0 Å². The molecule has 2 nitrogen and oxygen atoms in total. The lowest BCUT2D eigenvalue weighted by Crippen LogP contribution is -2.31. The normalized spacial score (nSPS) is 15.9. The number of carbonyl (C=O) groups excluding carboxylic acids is 1. The van der Waals surface area contributed by atoms with E-state index in [0.29, 0.717) is 23.7 Å². The molecule has 2 atom stereocenters. The van der Waals surface area contributed by atoms with Crippen LogP contribution >= 0.6 is 0 Å². The zero-order chi connectivity index (χ0) is 12.1. The van der Waals surface area contributed by atoms with Gasteiger partial charge < -0.3 is 5.32 Å². The molecule has 0 rings (SSSR count). The summed E-state index contributed by atoms with van der Waals surface area (Å²) in [5.74, 6) is 1.26. The van der Waals surface area contributed by atoms with Gasteiger partial charge in [0.1, 0.15) is 0 Å². The van der Waals surface area contributed by atoms with Crippen molar-refractivity contribution in [3.8, 4) is 0 Å². The topological polar surface area (TPSA) is 29.1 Å². The van der Waals surface area contributed by atoms with E-state index in [1.54, 1.807) is 0 Å². The van der Waals surface area contributed by atoms with E-state index in [0.717, 1.165) is 13.0 Å². The maximum Gasteiger partial charge on any atom is 0.220 e. The van der Waals surface area contributed by atoms with E-state index in [9.17, 15) is 4.79 Å². The molecule has 1 amide bonds. The standard InChI is InChI=1S/C13H27NO/c1-7-11(13(4,5)6)10(3)9-12(15)14-8-2/h10-11H,7-9H2,1-6H3,(H,14,15). The molecule has 2 heteroatoms. The van der Waals surface area contributed by atoms with Gasteiger partial charge in [0.2, 0.25) is 5.91 Å². The first kappa shape index (κ1) is 14.5. The zero-order valence-electron chi connectivity index (χ0n) is 11.2. The highest BCUT2D eigenvalue weighted by molar-refractivity contribution is 5.76. The minimum Gasteiger partial charge on any atom is -0.356 e. The van der Waals surface area contributed by atoms with Crippen LogP contribution in [0.25, 0.3) is 0 Å². The van der Waals surface area contributed by atoms with Crippen LogP contribution in [-0.4, -0.2) is 12.5 Å². The van der Waals surface area contributed by atoms with Crippen LogP contribution in [0.5, 0.6) is 0 Å². The van der Waals surface area contributed by atoms with Gasteiger partial charge in [-0.1, -0.05) is 41.0 Å². The Bertz CT molecular complexity index is 193. The molecular weight excluding hydrogens is 186 g/mol. The summed E-state index contributed by atoms with van der Waals surface area (Å²) in [5.41, 5.74) is 0.292. The molecule has 0 aliphatic rings. The minimum absolute atomic E-state index is 0.188. The molecule has 0 aliphatic heterocycles. The Kier molecular flexibility index (Phi) is 5.92. The van der Waals surface area contributed by atoms with Crippen molar-refractivity contribution in [1.82, 2.24) is 5.32 Å². The molecule has 0 radical (unpaired) electrons. The fourth-order valence-electron chi connectivity index (χ4n) is 2.57. The lowest BCUT2D eigenvalue weighted by molar-refractivity contribution is -0.122. The summed E-state index contributed by atoms with van der Waals surface area (Å²) in [6.07, 6.45) is 1.80. The Hall–Kier alpha value is -0.530. The summed E-state index contributed by atoms with van der Waals surface area (Å²) in [4.78, 5) is 11.5. The van der Waals surface area contributed by atoms with Gasteiger partial charge in [-0.25, -0.2) is 0 Å². The van der Waals surface area contributed by atoms with Gasteiger partial charge in [0.15, 0.2) is 0 Å². The van der Waals surface area contributed by atoms with Gasteiger partial charge in [-0.05, 0) is 24.2 Å². The third kappa shape index (κ3) is 5.19. The van der Waals surface area contributed by atoms with Crippen LogP contribution in [0.15, 0.2) is 0 Å². The van der Waals surface area contributed by atoms with E-state index in [1.165, 1.54) is 0 Å². The van der Waals surface area contributed by atoms with Gasteiger partial charge >= 0.3 is 0 Å². The fourth-order valence-corrected chi connectivity index (χ4v) is 2.57. The average molecular weight is 213 g/mol. The number of hydrogen-bond acceptors (Lipinski definition) is 1. The Balaban J connectivity index is 4.28. The van der Waals surface area contributed by atoms with Gasteiger partial charge in [0, 0.05) is 13.0 Å². The van der Waals surface area contributed by atoms with Crippen molar-refractivity contribution >= 4 is 5.91 Å². The minimum atomic E-state index is 0.188. The molecule has 90 valence electrons. The summed E-state index contributed by atoms with van der Waals surface area (Å²) in [6, 6.07) is 0. The Labute approximate surface area is 94.8 Å². The molecular formula is C13H27NO. The first-order valence-electron chi connectivity index (χ1n) is 6.09. The second-order valence-corrected chi connectivity index (χ2v) is 5.52. The lowest BCUT2D eigenvalue weighted by Gasteiger charge is -2.34. The molecule has 0 heterocycles. The van der Waals surface area contributed by atoms with Crippen LogP contribution in [0.3, 0.4) is 0 Å². The molecule has 0 saturated carbocycles. The largest absolute Gasteiger partial charge is 0.356 e. The fraction of sp³-hybridized carbons (Fsp3) is 0.923. The van der Waals surface area contributed by atoms with Gasteiger partial charge in [0.25, 0.3) is 0 Å². The van der Waals surface area contributed by atoms with Crippen LogP contribution in [0, 0.1) is 17.3 Å². The molecule has 0 aliphatic carbocycles.